The predicted octanol–water partition coefficient (Wildman–Crippen LogP) is 0.402. The average Bonchev–Trinajstić information content (AvgIpc) is 2.40. The molecule has 9 heteroatoms. The summed E-state index contributed by atoms with van der Waals surface area (Å²) in [5, 5.41) is 5.04. The summed E-state index contributed by atoms with van der Waals surface area (Å²) >= 11 is 0. The molecule has 1 aromatic heterocycles. The highest BCUT2D eigenvalue weighted by Gasteiger charge is 2.32. The van der Waals surface area contributed by atoms with Crippen LogP contribution in [0.25, 0.3) is 0 Å². The van der Waals surface area contributed by atoms with E-state index in [2.05, 4.69) is 10.6 Å². The third-order valence-electron chi connectivity index (χ3n) is 3.06. The summed E-state index contributed by atoms with van der Waals surface area (Å²) in [6.45, 7) is 0.225. The number of carbonyl (C=O) groups excluding carboxylic acids is 2. The summed E-state index contributed by atoms with van der Waals surface area (Å²) in [5.74, 6) is -0.904. The number of aromatic amines is 1. The minimum absolute atomic E-state index is 0.132. The van der Waals surface area contributed by atoms with Crippen molar-refractivity contribution in [3.05, 3.63) is 33.7 Å². The first-order valence-corrected chi connectivity index (χ1v) is 6.15. The number of hydrogen-bond donors (Lipinski definition) is 3. The first kappa shape index (κ1) is 15.1. The van der Waals surface area contributed by atoms with E-state index in [1.807, 2.05) is 0 Å². The van der Waals surface area contributed by atoms with E-state index in [0.29, 0.717) is 12.5 Å². The molecule has 0 radical (unpaired) electrons. The van der Waals surface area contributed by atoms with Crippen LogP contribution in [0.2, 0.25) is 0 Å². The minimum Gasteiger partial charge on any atom is -0.354 e. The van der Waals surface area contributed by atoms with Gasteiger partial charge < -0.3 is 15.6 Å². The molecule has 6 nitrogen and oxygen atoms in total. The van der Waals surface area contributed by atoms with Crippen LogP contribution in [0, 0.1) is 0 Å². The molecule has 0 spiro atoms. The number of piperidine rings is 1. The average molecular weight is 303 g/mol. The van der Waals surface area contributed by atoms with Crippen LogP contribution in [0.5, 0.6) is 0 Å². The fourth-order valence-corrected chi connectivity index (χ4v) is 1.94. The van der Waals surface area contributed by atoms with Gasteiger partial charge in [-0.2, -0.15) is 13.2 Å². The van der Waals surface area contributed by atoms with Gasteiger partial charge in [0.15, 0.2) is 0 Å². The van der Waals surface area contributed by atoms with Crippen molar-refractivity contribution in [3.63, 3.8) is 0 Å². The van der Waals surface area contributed by atoms with Gasteiger partial charge in [0.25, 0.3) is 11.5 Å². The van der Waals surface area contributed by atoms with Gasteiger partial charge in [0.2, 0.25) is 5.91 Å². The summed E-state index contributed by atoms with van der Waals surface area (Å²) < 4.78 is 37.2. The van der Waals surface area contributed by atoms with Gasteiger partial charge >= 0.3 is 6.18 Å². The normalized spacial score (nSPS) is 19.0. The van der Waals surface area contributed by atoms with Crippen LogP contribution >= 0.6 is 0 Å². The molecule has 0 saturated carbocycles. The SMILES string of the molecule is O=C1CCC(NC(=O)c2ccc(C(F)(F)F)[nH]c2=O)CN1. The smallest absolute Gasteiger partial charge is 0.354 e. The Morgan fingerprint density at radius 3 is 2.52 bits per heavy atom. The number of halogens is 3. The maximum absolute atomic E-state index is 12.4. The van der Waals surface area contributed by atoms with Crippen molar-refractivity contribution in [1.29, 1.82) is 0 Å². The maximum atomic E-state index is 12.4. The van der Waals surface area contributed by atoms with Gasteiger partial charge in [-0.25, -0.2) is 0 Å². The summed E-state index contributed by atoms with van der Waals surface area (Å²) in [6.07, 6.45) is -4.02. The van der Waals surface area contributed by atoms with Crippen molar-refractivity contribution in [1.82, 2.24) is 15.6 Å². The molecule has 0 aliphatic carbocycles. The molecular formula is C12H12F3N3O3. The van der Waals surface area contributed by atoms with Gasteiger partial charge in [0, 0.05) is 19.0 Å². The molecule has 1 aliphatic rings. The molecule has 1 fully saturated rings. The highest BCUT2D eigenvalue weighted by Crippen LogP contribution is 2.26. The Bertz CT molecular complexity index is 614. The Morgan fingerprint density at radius 1 is 1.29 bits per heavy atom. The van der Waals surface area contributed by atoms with Crippen molar-refractivity contribution >= 4 is 11.8 Å². The molecule has 1 atom stereocenters. The highest BCUT2D eigenvalue weighted by atomic mass is 19.4. The second-order valence-electron chi connectivity index (χ2n) is 4.63. The lowest BCUT2D eigenvalue weighted by Crippen LogP contribution is -2.48. The van der Waals surface area contributed by atoms with Gasteiger partial charge in [-0.3, -0.25) is 14.4 Å². The number of hydrogen-bond acceptors (Lipinski definition) is 3. The first-order valence-electron chi connectivity index (χ1n) is 6.15. The zero-order valence-electron chi connectivity index (χ0n) is 10.7. The van der Waals surface area contributed by atoms with Crippen LogP contribution in [0.3, 0.4) is 0 Å². The van der Waals surface area contributed by atoms with E-state index in [9.17, 15) is 27.6 Å². The van der Waals surface area contributed by atoms with Crippen LogP contribution in [0.1, 0.15) is 28.9 Å². The zero-order valence-corrected chi connectivity index (χ0v) is 10.7. The van der Waals surface area contributed by atoms with Crippen molar-refractivity contribution in [2.24, 2.45) is 0 Å². The second-order valence-corrected chi connectivity index (χ2v) is 4.63. The van der Waals surface area contributed by atoms with Crippen LogP contribution in [-0.4, -0.2) is 29.4 Å². The molecule has 2 heterocycles. The lowest BCUT2D eigenvalue weighted by molar-refractivity contribution is -0.141. The molecule has 2 rings (SSSR count). The molecule has 2 amide bonds. The Labute approximate surface area is 116 Å². The van der Waals surface area contributed by atoms with E-state index in [0.717, 1.165) is 6.07 Å². The Balaban J connectivity index is 2.09. The Hall–Kier alpha value is -2.32. The zero-order chi connectivity index (χ0) is 15.6. The molecule has 0 bridgehead atoms. The Morgan fingerprint density at radius 2 is 2.00 bits per heavy atom. The van der Waals surface area contributed by atoms with Gasteiger partial charge in [-0.15, -0.1) is 0 Å². The summed E-state index contributed by atoms with van der Waals surface area (Å²) in [7, 11) is 0. The van der Waals surface area contributed by atoms with E-state index >= 15 is 0 Å². The molecule has 0 aromatic carbocycles. The van der Waals surface area contributed by atoms with Crippen molar-refractivity contribution in [2.45, 2.75) is 25.1 Å². The number of amides is 2. The third-order valence-corrected chi connectivity index (χ3v) is 3.06. The van der Waals surface area contributed by atoms with E-state index in [1.54, 1.807) is 4.98 Å². The quantitative estimate of drug-likeness (QED) is 0.738. The largest absolute Gasteiger partial charge is 0.431 e. The van der Waals surface area contributed by atoms with Crippen molar-refractivity contribution in [2.75, 3.05) is 6.54 Å². The number of rotatable bonds is 2. The third kappa shape index (κ3) is 3.61. The molecule has 1 aromatic rings. The fraction of sp³-hybridized carbons (Fsp3) is 0.417. The molecule has 3 N–H and O–H groups in total. The molecule has 1 unspecified atom stereocenters. The second kappa shape index (κ2) is 5.58. The fourth-order valence-electron chi connectivity index (χ4n) is 1.94. The van der Waals surface area contributed by atoms with E-state index < -0.39 is 28.9 Å². The summed E-state index contributed by atoms with van der Waals surface area (Å²) in [5.41, 5.74) is -2.73. The van der Waals surface area contributed by atoms with Crippen molar-refractivity contribution in [3.8, 4) is 0 Å². The molecule has 21 heavy (non-hydrogen) atoms. The monoisotopic (exact) mass is 303 g/mol. The summed E-state index contributed by atoms with van der Waals surface area (Å²) in [4.78, 5) is 36.0. The first-order chi connectivity index (χ1) is 9.77. The standard InChI is InChI=1S/C12H12F3N3O3/c13-12(14,15)8-3-2-7(11(21)18-8)10(20)17-6-1-4-9(19)16-5-6/h2-3,6H,1,4-5H2,(H,16,19)(H,17,20)(H,18,21). The lowest BCUT2D eigenvalue weighted by Gasteiger charge is -2.23. The number of nitrogens with one attached hydrogen (secondary N) is 3. The number of H-pyrrole nitrogens is 1. The van der Waals surface area contributed by atoms with Crippen LogP contribution < -0.4 is 16.2 Å². The maximum Gasteiger partial charge on any atom is 0.431 e. The van der Waals surface area contributed by atoms with E-state index in [-0.39, 0.29) is 24.9 Å². The molecule has 114 valence electrons. The predicted molar refractivity (Wildman–Crippen MR) is 65.6 cm³/mol. The van der Waals surface area contributed by atoms with Crippen molar-refractivity contribution < 1.29 is 22.8 Å². The highest BCUT2D eigenvalue weighted by molar-refractivity contribution is 5.94. The molecule has 1 aliphatic heterocycles. The number of pyridine rings is 1. The molecule has 1 saturated heterocycles. The van der Waals surface area contributed by atoms with Gasteiger partial charge in [0.05, 0.1) is 0 Å². The topological polar surface area (TPSA) is 91.1 Å². The lowest BCUT2D eigenvalue weighted by atomic mass is 10.1. The van der Waals surface area contributed by atoms with Gasteiger partial charge in [-0.1, -0.05) is 0 Å². The van der Waals surface area contributed by atoms with E-state index in [4.69, 9.17) is 0 Å². The van der Waals surface area contributed by atoms with E-state index in [1.165, 1.54) is 0 Å². The summed E-state index contributed by atoms with van der Waals surface area (Å²) in [6, 6.07) is 1.12. The van der Waals surface area contributed by atoms with Gasteiger partial charge in [0.1, 0.15) is 11.3 Å². The Kier molecular flexibility index (Phi) is 4.01. The van der Waals surface area contributed by atoms with Gasteiger partial charge in [-0.05, 0) is 18.6 Å². The molecular weight excluding hydrogens is 291 g/mol. The van der Waals surface area contributed by atoms with Crippen LogP contribution in [-0.2, 0) is 11.0 Å². The van der Waals surface area contributed by atoms with Crippen LogP contribution in [0.4, 0.5) is 13.2 Å². The number of carbonyl (C=O) groups is 2. The minimum atomic E-state index is -4.68. The number of alkyl halides is 3. The van der Waals surface area contributed by atoms with Crippen LogP contribution in [0.15, 0.2) is 16.9 Å². The number of aromatic nitrogens is 1.